The van der Waals surface area contributed by atoms with Gasteiger partial charge in [0.2, 0.25) is 0 Å². The Hall–Kier alpha value is -1.09. The molecule has 0 unspecified atom stereocenters. The van der Waals surface area contributed by atoms with Crippen LogP contribution in [0.3, 0.4) is 0 Å². The van der Waals surface area contributed by atoms with Crippen LogP contribution in [-0.4, -0.2) is 41.6 Å². The van der Waals surface area contributed by atoms with Crippen LogP contribution in [0.4, 0.5) is 5.69 Å². The van der Waals surface area contributed by atoms with E-state index in [-0.39, 0.29) is 0 Å². The highest BCUT2D eigenvalue weighted by atomic mass is 15.3. The lowest BCUT2D eigenvalue weighted by atomic mass is 9.97. The van der Waals surface area contributed by atoms with Gasteiger partial charge in [-0.2, -0.15) is 0 Å². The molecule has 3 heteroatoms. The van der Waals surface area contributed by atoms with Crippen molar-refractivity contribution >= 4 is 5.69 Å². The molecule has 3 nitrogen and oxygen atoms in total. The molecule has 0 amide bonds. The Morgan fingerprint density at radius 2 is 1.94 bits per heavy atom. The lowest BCUT2D eigenvalue weighted by Crippen LogP contribution is -2.62. The predicted octanol–water partition coefficient (Wildman–Crippen LogP) is 2.14. The highest BCUT2D eigenvalue weighted by Crippen LogP contribution is 2.27. The number of anilines is 1. The standard InChI is InChI=1S/C14H21N3/c1-12-4-2-3-9-17(12)14-10-16(11-14)13-5-7-15-8-6-13/h5-8,12,14H,2-4,9-11H2,1H3/t12-/m0/s1. The molecule has 1 aromatic rings. The Kier molecular flexibility index (Phi) is 3.02. The molecule has 0 bridgehead atoms. The normalized spacial score (nSPS) is 26.9. The third-order valence-electron chi connectivity index (χ3n) is 4.21. The maximum absolute atomic E-state index is 4.07. The highest BCUT2D eigenvalue weighted by Gasteiger charge is 2.34. The second kappa shape index (κ2) is 4.65. The molecule has 2 saturated heterocycles. The van der Waals surface area contributed by atoms with Crippen molar-refractivity contribution in [2.24, 2.45) is 0 Å². The van der Waals surface area contributed by atoms with Crippen molar-refractivity contribution < 1.29 is 0 Å². The molecule has 0 aliphatic carbocycles. The van der Waals surface area contributed by atoms with E-state index >= 15 is 0 Å². The summed E-state index contributed by atoms with van der Waals surface area (Å²) in [5, 5.41) is 0. The van der Waals surface area contributed by atoms with Gasteiger partial charge in [0.15, 0.2) is 0 Å². The van der Waals surface area contributed by atoms with Gasteiger partial charge in [-0.05, 0) is 38.4 Å². The van der Waals surface area contributed by atoms with Crippen LogP contribution in [0.2, 0.25) is 0 Å². The molecule has 3 heterocycles. The number of pyridine rings is 1. The molecule has 3 rings (SSSR count). The average molecular weight is 231 g/mol. The Morgan fingerprint density at radius 1 is 1.18 bits per heavy atom. The minimum Gasteiger partial charge on any atom is -0.368 e. The van der Waals surface area contributed by atoms with Gasteiger partial charge in [-0.15, -0.1) is 0 Å². The first kappa shape index (κ1) is 11.0. The third kappa shape index (κ3) is 2.16. The van der Waals surface area contributed by atoms with E-state index in [0.29, 0.717) is 0 Å². The minimum absolute atomic E-state index is 0.776. The number of rotatable bonds is 2. The van der Waals surface area contributed by atoms with Gasteiger partial charge in [0.25, 0.3) is 0 Å². The van der Waals surface area contributed by atoms with E-state index < -0.39 is 0 Å². The van der Waals surface area contributed by atoms with Crippen molar-refractivity contribution in [1.82, 2.24) is 9.88 Å². The Bertz CT molecular complexity index is 359. The van der Waals surface area contributed by atoms with Crippen LogP contribution in [0, 0.1) is 0 Å². The zero-order valence-corrected chi connectivity index (χ0v) is 10.5. The summed E-state index contributed by atoms with van der Waals surface area (Å²) in [6.07, 6.45) is 7.94. The van der Waals surface area contributed by atoms with E-state index in [1.807, 2.05) is 12.4 Å². The Morgan fingerprint density at radius 3 is 2.65 bits per heavy atom. The fraction of sp³-hybridized carbons (Fsp3) is 0.643. The van der Waals surface area contributed by atoms with Crippen LogP contribution < -0.4 is 4.90 Å². The molecule has 2 aliphatic heterocycles. The highest BCUT2D eigenvalue weighted by molar-refractivity contribution is 5.48. The summed E-state index contributed by atoms with van der Waals surface area (Å²) in [6, 6.07) is 5.78. The summed E-state index contributed by atoms with van der Waals surface area (Å²) in [4.78, 5) is 9.23. The van der Waals surface area contributed by atoms with Gasteiger partial charge in [-0.25, -0.2) is 0 Å². The number of piperidine rings is 1. The lowest BCUT2D eigenvalue weighted by molar-refractivity contribution is 0.0876. The molecule has 1 aromatic heterocycles. The zero-order chi connectivity index (χ0) is 11.7. The van der Waals surface area contributed by atoms with Crippen molar-refractivity contribution in [3.63, 3.8) is 0 Å². The summed E-state index contributed by atoms with van der Waals surface area (Å²) in [7, 11) is 0. The fourth-order valence-corrected chi connectivity index (χ4v) is 3.09. The zero-order valence-electron chi connectivity index (χ0n) is 10.5. The second-order valence-electron chi connectivity index (χ2n) is 5.35. The molecular weight excluding hydrogens is 210 g/mol. The molecule has 0 aromatic carbocycles. The third-order valence-corrected chi connectivity index (χ3v) is 4.21. The van der Waals surface area contributed by atoms with E-state index in [2.05, 4.69) is 33.8 Å². The molecule has 1 atom stereocenters. The molecule has 0 radical (unpaired) electrons. The summed E-state index contributed by atoms with van der Waals surface area (Å²) in [5.41, 5.74) is 1.32. The van der Waals surface area contributed by atoms with Gasteiger partial charge in [-0.1, -0.05) is 6.42 Å². The van der Waals surface area contributed by atoms with Gasteiger partial charge in [-0.3, -0.25) is 9.88 Å². The molecule has 17 heavy (non-hydrogen) atoms. The molecule has 0 saturated carbocycles. The largest absolute Gasteiger partial charge is 0.368 e. The van der Waals surface area contributed by atoms with Crippen LogP contribution >= 0.6 is 0 Å². The molecule has 0 spiro atoms. The number of aromatic nitrogens is 1. The van der Waals surface area contributed by atoms with Crippen molar-refractivity contribution in [2.45, 2.75) is 38.3 Å². The van der Waals surface area contributed by atoms with Gasteiger partial charge in [0, 0.05) is 43.3 Å². The first-order valence-electron chi connectivity index (χ1n) is 6.75. The van der Waals surface area contributed by atoms with E-state index in [1.165, 1.54) is 44.6 Å². The first-order valence-corrected chi connectivity index (χ1v) is 6.75. The number of likely N-dealkylation sites (tertiary alicyclic amines) is 1. The van der Waals surface area contributed by atoms with Crippen LogP contribution in [0.15, 0.2) is 24.5 Å². The van der Waals surface area contributed by atoms with Crippen LogP contribution in [0.5, 0.6) is 0 Å². The van der Waals surface area contributed by atoms with Crippen LogP contribution in [0.1, 0.15) is 26.2 Å². The van der Waals surface area contributed by atoms with Gasteiger partial charge in [0.05, 0.1) is 0 Å². The van der Waals surface area contributed by atoms with Crippen LogP contribution in [-0.2, 0) is 0 Å². The maximum Gasteiger partial charge on any atom is 0.0449 e. The summed E-state index contributed by atoms with van der Waals surface area (Å²) >= 11 is 0. The monoisotopic (exact) mass is 231 g/mol. The average Bonchev–Trinajstić information content (AvgIpc) is 2.31. The fourth-order valence-electron chi connectivity index (χ4n) is 3.09. The smallest absolute Gasteiger partial charge is 0.0449 e. The quantitative estimate of drug-likeness (QED) is 0.777. The van der Waals surface area contributed by atoms with E-state index in [0.717, 1.165) is 12.1 Å². The van der Waals surface area contributed by atoms with Crippen molar-refractivity contribution in [3.8, 4) is 0 Å². The van der Waals surface area contributed by atoms with Crippen LogP contribution in [0.25, 0.3) is 0 Å². The molecule has 2 fully saturated rings. The van der Waals surface area contributed by atoms with Crippen molar-refractivity contribution in [3.05, 3.63) is 24.5 Å². The Balaban J connectivity index is 1.57. The van der Waals surface area contributed by atoms with Gasteiger partial charge >= 0.3 is 0 Å². The molecular formula is C14H21N3. The lowest BCUT2D eigenvalue weighted by Gasteiger charge is -2.50. The number of hydrogen-bond acceptors (Lipinski definition) is 3. The van der Waals surface area contributed by atoms with E-state index in [4.69, 9.17) is 0 Å². The van der Waals surface area contributed by atoms with Gasteiger partial charge in [0.1, 0.15) is 0 Å². The SMILES string of the molecule is C[C@H]1CCCCN1C1CN(c2ccncc2)C1. The van der Waals surface area contributed by atoms with Gasteiger partial charge < -0.3 is 4.90 Å². The predicted molar refractivity (Wildman–Crippen MR) is 70.3 cm³/mol. The number of hydrogen-bond donors (Lipinski definition) is 0. The maximum atomic E-state index is 4.07. The minimum atomic E-state index is 0.776. The summed E-state index contributed by atoms with van der Waals surface area (Å²) in [6.45, 7) is 6.06. The van der Waals surface area contributed by atoms with Crippen molar-refractivity contribution in [1.29, 1.82) is 0 Å². The summed E-state index contributed by atoms with van der Waals surface area (Å²) in [5.74, 6) is 0. The number of nitrogens with zero attached hydrogens (tertiary/aromatic N) is 3. The molecule has 0 N–H and O–H groups in total. The topological polar surface area (TPSA) is 19.4 Å². The molecule has 92 valence electrons. The van der Waals surface area contributed by atoms with E-state index in [9.17, 15) is 0 Å². The second-order valence-corrected chi connectivity index (χ2v) is 5.35. The summed E-state index contributed by atoms with van der Waals surface area (Å²) < 4.78 is 0. The first-order chi connectivity index (χ1) is 8.34. The molecule has 2 aliphatic rings. The Labute approximate surface area is 103 Å². The van der Waals surface area contributed by atoms with E-state index in [1.54, 1.807) is 0 Å². The van der Waals surface area contributed by atoms with Crippen molar-refractivity contribution in [2.75, 3.05) is 24.5 Å².